The van der Waals surface area contributed by atoms with Gasteiger partial charge in [0.1, 0.15) is 17.0 Å². The van der Waals surface area contributed by atoms with Crippen LogP contribution in [0.3, 0.4) is 0 Å². The Bertz CT molecular complexity index is 633. The lowest BCUT2D eigenvalue weighted by molar-refractivity contribution is 0.0959. The molecule has 2 aromatic heterocycles. The Morgan fingerprint density at radius 2 is 2.26 bits per heavy atom. The fourth-order valence-electron chi connectivity index (χ4n) is 2.06. The zero-order valence-corrected chi connectivity index (χ0v) is 11.8. The van der Waals surface area contributed by atoms with E-state index in [1.807, 2.05) is 13.8 Å². The number of aromatic nitrogens is 2. The molecule has 0 atom stereocenters. The summed E-state index contributed by atoms with van der Waals surface area (Å²) in [5.74, 6) is 0.831. The molecular formula is C13H16N4OS. The smallest absolute Gasteiger partial charge is 0.261 e. The minimum atomic E-state index is -0.0274. The predicted molar refractivity (Wildman–Crippen MR) is 76.8 cm³/mol. The number of anilines is 1. The highest BCUT2D eigenvalue weighted by Gasteiger charge is 2.24. The number of fused-ring (bicyclic) bond motifs is 1. The molecule has 3 rings (SSSR count). The molecule has 2 aromatic rings. The van der Waals surface area contributed by atoms with Crippen molar-refractivity contribution in [1.29, 1.82) is 0 Å². The molecule has 0 saturated heterocycles. The van der Waals surface area contributed by atoms with Crippen LogP contribution in [0.4, 0.5) is 5.82 Å². The molecule has 1 saturated carbocycles. The Morgan fingerprint density at radius 1 is 1.47 bits per heavy atom. The predicted octanol–water partition coefficient (Wildman–Crippen LogP) is 2.32. The number of thiophene rings is 1. The van der Waals surface area contributed by atoms with Crippen LogP contribution >= 0.6 is 11.3 Å². The fraction of sp³-hybridized carbons (Fsp3) is 0.462. The van der Waals surface area contributed by atoms with E-state index in [2.05, 4.69) is 20.6 Å². The van der Waals surface area contributed by atoms with E-state index in [0.29, 0.717) is 12.6 Å². The molecule has 1 aliphatic rings. The lowest BCUT2D eigenvalue weighted by Crippen LogP contribution is -2.22. The highest BCUT2D eigenvalue weighted by atomic mass is 32.1. The Hall–Kier alpha value is -1.69. The average Bonchev–Trinajstić information content (AvgIpc) is 3.13. The topological polar surface area (TPSA) is 66.9 Å². The Balaban J connectivity index is 2.06. The third kappa shape index (κ3) is 2.28. The highest BCUT2D eigenvalue weighted by Crippen LogP contribution is 2.35. The monoisotopic (exact) mass is 276 g/mol. The summed E-state index contributed by atoms with van der Waals surface area (Å²) in [5.41, 5.74) is 0.967. The maximum Gasteiger partial charge on any atom is 0.261 e. The minimum absolute atomic E-state index is 0.0274. The van der Waals surface area contributed by atoms with E-state index in [1.54, 1.807) is 6.33 Å². The van der Waals surface area contributed by atoms with Crippen LogP contribution in [-0.4, -0.2) is 28.5 Å². The summed E-state index contributed by atoms with van der Waals surface area (Å²) in [6, 6.07) is 0.533. The van der Waals surface area contributed by atoms with Crippen LogP contribution in [0.5, 0.6) is 0 Å². The lowest BCUT2D eigenvalue weighted by atomic mass is 10.2. The standard InChI is InChI=1S/C13H16N4OS/c1-3-14-12(18)10-7(2)9-11(17-8-4-5-8)15-6-16-13(9)19-10/h6,8H,3-5H2,1-2H3,(H,14,18)(H,15,16,17). The van der Waals surface area contributed by atoms with Crippen molar-refractivity contribution in [2.24, 2.45) is 0 Å². The molecule has 0 spiro atoms. The van der Waals surface area contributed by atoms with Crippen molar-refractivity contribution in [3.8, 4) is 0 Å². The van der Waals surface area contributed by atoms with Gasteiger partial charge in [0.25, 0.3) is 5.91 Å². The third-order valence-electron chi connectivity index (χ3n) is 3.19. The van der Waals surface area contributed by atoms with Crippen molar-refractivity contribution in [3.63, 3.8) is 0 Å². The molecule has 2 N–H and O–H groups in total. The van der Waals surface area contributed by atoms with Gasteiger partial charge in [0.2, 0.25) is 0 Å². The molecule has 0 unspecified atom stereocenters. The first-order valence-electron chi connectivity index (χ1n) is 6.49. The quantitative estimate of drug-likeness (QED) is 0.899. The van der Waals surface area contributed by atoms with Gasteiger partial charge in [-0.25, -0.2) is 9.97 Å². The maximum absolute atomic E-state index is 12.0. The Morgan fingerprint density at radius 3 is 2.95 bits per heavy atom. The molecule has 0 aromatic carbocycles. The van der Waals surface area contributed by atoms with Crippen molar-refractivity contribution < 1.29 is 4.79 Å². The molecule has 6 heteroatoms. The SMILES string of the molecule is CCNC(=O)c1sc2ncnc(NC3CC3)c2c1C. The molecular weight excluding hydrogens is 260 g/mol. The van der Waals surface area contributed by atoms with Gasteiger partial charge in [0.05, 0.1) is 10.3 Å². The van der Waals surface area contributed by atoms with Crippen molar-refractivity contribution in [1.82, 2.24) is 15.3 Å². The van der Waals surface area contributed by atoms with Crippen LogP contribution in [0, 0.1) is 6.92 Å². The maximum atomic E-state index is 12.0. The normalized spacial score (nSPS) is 14.6. The Labute approximate surface area is 115 Å². The fourth-order valence-corrected chi connectivity index (χ4v) is 3.12. The summed E-state index contributed by atoms with van der Waals surface area (Å²) in [6.07, 6.45) is 3.94. The van der Waals surface area contributed by atoms with E-state index in [0.717, 1.165) is 26.5 Å². The van der Waals surface area contributed by atoms with Gasteiger partial charge in [0, 0.05) is 12.6 Å². The lowest BCUT2D eigenvalue weighted by Gasteiger charge is -2.05. The second-order valence-electron chi connectivity index (χ2n) is 4.74. The van der Waals surface area contributed by atoms with Crippen LogP contribution in [0.15, 0.2) is 6.33 Å². The molecule has 100 valence electrons. The second-order valence-corrected chi connectivity index (χ2v) is 5.74. The van der Waals surface area contributed by atoms with Crippen LogP contribution < -0.4 is 10.6 Å². The molecule has 1 amide bonds. The Kier molecular flexibility index (Phi) is 3.10. The van der Waals surface area contributed by atoms with E-state index in [4.69, 9.17) is 0 Å². The summed E-state index contributed by atoms with van der Waals surface area (Å²) >= 11 is 1.43. The molecule has 5 nitrogen and oxygen atoms in total. The van der Waals surface area contributed by atoms with Gasteiger partial charge in [-0.3, -0.25) is 4.79 Å². The van der Waals surface area contributed by atoms with E-state index in [9.17, 15) is 4.79 Å². The first-order valence-corrected chi connectivity index (χ1v) is 7.31. The highest BCUT2D eigenvalue weighted by molar-refractivity contribution is 7.20. The molecule has 1 fully saturated rings. The second kappa shape index (κ2) is 4.77. The minimum Gasteiger partial charge on any atom is -0.367 e. The van der Waals surface area contributed by atoms with Crippen LogP contribution in [0.1, 0.15) is 35.0 Å². The number of hydrogen-bond donors (Lipinski definition) is 2. The van der Waals surface area contributed by atoms with Gasteiger partial charge in [-0.15, -0.1) is 11.3 Å². The molecule has 0 aliphatic heterocycles. The van der Waals surface area contributed by atoms with E-state index >= 15 is 0 Å². The van der Waals surface area contributed by atoms with Crippen molar-refractivity contribution in [3.05, 3.63) is 16.8 Å². The van der Waals surface area contributed by atoms with Crippen molar-refractivity contribution >= 4 is 33.3 Å². The van der Waals surface area contributed by atoms with Crippen LogP contribution in [0.25, 0.3) is 10.2 Å². The van der Waals surface area contributed by atoms with E-state index in [-0.39, 0.29) is 5.91 Å². The number of carbonyl (C=O) groups excluding carboxylic acids is 1. The van der Waals surface area contributed by atoms with Crippen molar-refractivity contribution in [2.45, 2.75) is 32.7 Å². The number of carbonyl (C=O) groups is 1. The number of aryl methyl sites for hydroxylation is 1. The van der Waals surface area contributed by atoms with Gasteiger partial charge in [-0.2, -0.15) is 0 Å². The van der Waals surface area contributed by atoms with E-state index in [1.165, 1.54) is 24.2 Å². The van der Waals surface area contributed by atoms with Gasteiger partial charge in [-0.05, 0) is 32.3 Å². The molecule has 0 radical (unpaired) electrons. The summed E-state index contributed by atoms with van der Waals surface area (Å²) in [6.45, 7) is 4.51. The number of nitrogens with zero attached hydrogens (tertiary/aromatic N) is 2. The molecule has 0 bridgehead atoms. The molecule has 1 aliphatic carbocycles. The van der Waals surface area contributed by atoms with Gasteiger partial charge in [-0.1, -0.05) is 0 Å². The number of rotatable bonds is 4. The third-order valence-corrected chi connectivity index (χ3v) is 4.39. The molecule has 19 heavy (non-hydrogen) atoms. The zero-order chi connectivity index (χ0) is 13.4. The van der Waals surface area contributed by atoms with Crippen LogP contribution in [0.2, 0.25) is 0 Å². The molecule has 2 heterocycles. The van der Waals surface area contributed by atoms with Crippen LogP contribution in [-0.2, 0) is 0 Å². The first kappa shape index (κ1) is 12.3. The number of hydrogen-bond acceptors (Lipinski definition) is 5. The van der Waals surface area contributed by atoms with Gasteiger partial charge < -0.3 is 10.6 Å². The number of nitrogens with one attached hydrogen (secondary N) is 2. The van der Waals surface area contributed by atoms with Crippen molar-refractivity contribution in [2.75, 3.05) is 11.9 Å². The average molecular weight is 276 g/mol. The number of amides is 1. The van der Waals surface area contributed by atoms with E-state index < -0.39 is 0 Å². The first-order chi connectivity index (χ1) is 9.20. The zero-order valence-electron chi connectivity index (χ0n) is 11.0. The summed E-state index contributed by atoms with van der Waals surface area (Å²) in [4.78, 5) is 22.2. The summed E-state index contributed by atoms with van der Waals surface area (Å²) in [5, 5.41) is 7.23. The van der Waals surface area contributed by atoms with Gasteiger partial charge in [0.15, 0.2) is 0 Å². The van der Waals surface area contributed by atoms with Gasteiger partial charge >= 0.3 is 0 Å². The largest absolute Gasteiger partial charge is 0.367 e. The summed E-state index contributed by atoms with van der Waals surface area (Å²) < 4.78 is 0. The summed E-state index contributed by atoms with van der Waals surface area (Å²) in [7, 11) is 0.